The van der Waals surface area contributed by atoms with E-state index in [1.165, 1.54) is 0 Å². The van der Waals surface area contributed by atoms with Crippen molar-refractivity contribution in [3.63, 3.8) is 0 Å². The monoisotopic (exact) mass is 259 g/mol. The van der Waals surface area contributed by atoms with Crippen LogP contribution in [-0.4, -0.2) is 47.2 Å². The molecule has 2 N–H and O–H groups in total. The van der Waals surface area contributed by atoms with Gasteiger partial charge in [-0.15, -0.1) is 11.8 Å². The van der Waals surface area contributed by atoms with Gasteiger partial charge in [-0.1, -0.05) is 0 Å². The van der Waals surface area contributed by atoms with Crippen molar-refractivity contribution in [1.82, 2.24) is 5.32 Å². The quantitative estimate of drug-likeness (QED) is 0.771. The van der Waals surface area contributed by atoms with Crippen molar-refractivity contribution in [2.45, 2.75) is 31.1 Å². The van der Waals surface area contributed by atoms with Gasteiger partial charge in [0.1, 0.15) is 5.41 Å². The molecular weight excluding hydrogens is 242 g/mol. The summed E-state index contributed by atoms with van der Waals surface area (Å²) in [6.07, 6.45) is 1.94. The van der Waals surface area contributed by atoms with Crippen LogP contribution in [0.15, 0.2) is 0 Å². The van der Waals surface area contributed by atoms with E-state index in [0.29, 0.717) is 0 Å². The maximum Gasteiger partial charge on any atom is 0.313 e. The van der Waals surface area contributed by atoms with Gasteiger partial charge in [-0.2, -0.15) is 0 Å². The number of hydrogen-bond acceptors (Lipinski definition) is 4. The average molecular weight is 259 g/mol. The van der Waals surface area contributed by atoms with E-state index < -0.39 is 17.4 Å². The van der Waals surface area contributed by atoms with Crippen LogP contribution in [0.4, 0.5) is 0 Å². The zero-order chi connectivity index (χ0) is 12.5. The Morgan fingerprint density at radius 1 is 1.53 bits per heavy atom. The Hall–Kier alpha value is -0.750. The predicted molar refractivity (Wildman–Crippen MR) is 64.0 cm³/mol. The lowest BCUT2D eigenvalue weighted by Crippen LogP contribution is -2.51. The summed E-state index contributed by atoms with van der Waals surface area (Å²) in [6.45, 7) is 2.06. The number of nitrogens with one attached hydrogen (secondary N) is 1. The molecule has 96 valence electrons. The number of carboxylic acid groups (broad SMARTS) is 1. The number of amides is 1. The summed E-state index contributed by atoms with van der Waals surface area (Å²) in [6, 6.07) is -0.423. The number of carboxylic acids is 1. The van der Waals surface area contributed by atoms with Crippen LogP contribution in [0.2, 0.25) is 0 Å². The number of carbonyl (C=O) groups is 2. The van der Waals surface area contributed by atoms with Crippen LogP contribution in [0, 0.1) is 5.41 Å². The second-order valence-corrected chi connectivity index (χ2v) is 6.11. The third-order valence-corrected chi connectivity index (χ3v) is 4.86. The van der Waals surface area contributed by atoms with Crippen LogP contribution < -0.4 is 5.32 Å². The largest absolute Gasteiger partial charge is 0.481 e. The van der Waals surface area contributed by atoms with Gasteiger partial charge in [-0.3, -0.25) is 9.59 Å². The molecule has 2 aliphatic rings. The summed E-state index contributed by atoms with van der Waals surface area (Å²) in [5.74, 6) is 0.0463. The highest BCUT2D eigenvalue weighted by atomic mass is 32.2. The first kappa shape index (κ1) is 12.7. The molecule has 2 heterocycles. The van der Waals surface area contributed by atoms with Crippen LogP contribution >= 0.6 is 11.8 Å². The zero-order valence-electron chi connectivity index (χ0n) is 9.77. The second kappa shape index (κ2) is 4.86. The summed E-state index contributed by atoms with van der Waals surface area (Å²) in [7, 11) is 0. The Morgan fingerprint density at radius 2 is 2.29 bits per heavy atom. The minimum absolute atomic E-state index is 0.0198. The SMILES string of the molecule is CC1(C(=O)O)COCC1NC(=O)C1CCCS1. The third-order valence-electron chi connectivity index (χ3n) is 3.48. The van der Waals surface area contributed by atoms with Gasteiger partial charge >= 0.3 is 5.97 Å². The molecule has 2 aliphatic heterocycles. The molecule has 0 aromatic heterocycles. The highest BCUT2D eigenvalue weighted by Gasteiger charge is 2.47. The van der Waals surface area contributed by atoms with Crippen LogP contribution in [0.25, 0.3) is 0 Å². The third kappa shape index (κ3) is 2.42. The fraction of sp³-hybridized carbons (Fsp3) is 0.818. The van der Waals surface area contributed by atoms with E-state index in [1.807, 2.05) is 0 Å². The number of aliphatic carboxylic acids is 1. The van der Waals surface area contributed by atoms with E-state index in [1.54, 1.807) is 18.7 Å². The smallest absolute Gasteiger partial charge is 0.313 e. The van der Waals surface area contributed by atoms with Gasteiger partial charge in [0.05, 0.1) is 24.5 Å². The molecular formula is C11H17NO4S. The van der Waals surface area contributed by atoms with Gasteiger partial charge in [0.25, 0.3) is 0 Å². The van der Waals surface area contributed by atoms with E-state index in [-0.39, 0.29) is 24.4 Å². The lowest BCUT2D eigenvalue weighted by atomic mass is 9.85. The number of ether oxygens (including phenoxy) is 1. The van der Waals surface area contributed by atoms with Crippen LogP contribution in [-0.2, 0) is 14.3 Å². The molecule has 0 aromatic rings. The van der Waals surface area contributed by atoms with Crippen molar-refractivity contribution in [1.29, 1.82) is 0 Å². The van der Waals surface area contributed by atoms with Crippen molar-refractivity contribution in [3.05, 3.63) is 0 Å². The predicted octanol–water partition coefficient (Wildman–Crippen LogP) is 0.488. The fourth-order valence-electron chi connectivity index (χ4n) is 2.13. The maximum atomic E-state index is 11.9. The summed E-state index contributed by atoms with van der Waals surface area (Å²) in [4.78, 5) is 23.1. The number of thioether (sulfide) groups is 1. The van der Waals surface area contributed by atoms with E-state index >= 15 is 0 Å². The van der Waals surface area contributed by atoms with Gasteiger partial charge < -0.3 is 15.2 Å². The first-order valence-electron chi connectivity index (χ1n) is 5.77. The second-order valence-electron chi connectivity index (χ2n) is 4.80. The maximum absolute atomic E-state index is 11.9. The van der Waals surface area contributed by atoms with E-state index in [4.69, 9.17) is 4.74 Å². The molecule has 2 fully saturated rings. The highest BCUT2D eigenvalue weighted by Crippen LogP contribution is 2.31. The molecule has 0 aromatic carbocycles. The molecule has 2 saturated heterocycles. The van der Waals surface area contributed by atoms with Crippen LogP contribution in [0.1, 0.15) is 19.8 Å². The Morgan fingerprint density at radius 3 is 2.88 bits per heavy atom. The fourth-order valence-corrected chi connectivity index (χ4v) is 3.30. The molecule has 3 atom stereocenters. The normalized spacial score (nSPS) is 37.0. The average Bonchev–Trinajstić information content (AvgIpc) is 2.89. The Kier molecular flexibility index (Phi) is 3.63. The molecule has 0 saturated carbocycles. The number of rotatable bonds is 3. The molecule has 6 heteroatoms. The lowest BCUT2D eigenvalue weighted by molar-refractivity contribution is -0.149. The molecule has 1 amide bonds. The molecule has 0 spiro atoms. The summed E-state index contributed by atoms with van der Waals surface area (Å²) >= 11 is 1.64. The van der Waals surface area contributed by atoms with Crippen molar-refractivity contribution >= 4 is 23.6 Å². The van der Waals surface area contributed by atoms with E-state index in [0.717, 1.165) is 18.6 Å². The Labute approximate surface area is 104 Å². The first-order valence-corrected chi connectivity index (χ1v) is 6.82. The molecule has 0 bridgehead atoms. The molecule has 3 unspecified atom stereocenters. The van der Waals surface area contributed by atoms with Crippen molar-refractivity contribution < 1.29 is 19.4 Å². The first-order chi connectivity index (χ1) is 8.04. The molecule has 2 rings (SSSR count). The van der Waals surface area contributed by atoms with Crippen LogP contribution in [0.5, 0.6) is 0 Å². The number of carbonyl (C=O) groups excluding carboxylic acids is 1. The van der Waals surface area contributed by atoms with Crippen molar-refractivity contribution in [2.24, 2.45) is 5.41 Å². The molecule has 0 aliphatic carbocycles. The summed E-state index contributed by atoms with van der Waals surface area (Å²) in [5, 5.41) is 12.0. The summed E-state index contributed by atoms with van der Waals surface area (Å²) in [5.41, 5.74) is -1.00. The minimum atomic E-state index is -1.00. The van der Waals surface area contributed by atoms with Gasteiger partial charge in [-0.25, -0.2) is 0 Å². The molecule has 17 heavy (non-hydrogen) atoms. The standard InChI is InChI=1S/C11H17NO4S/c1-11(10(14)15)6-16-5-8(11)12-9(13)7-3-2-4-17-7/h7-8H,2-6H2,1H3,(H,12,13)(H,14,15). The van der Waals surface area contributed by atoms with Crippen molar-refractivity contribution in [2.75, 3.05) is 19.0 Å². The van der Waals surface area contributed by atoms with Crippen molar-refractivity contribution in [3.8, 4) is 0 Å². The van der Waals surface area contributed by atoms with Gasteiger partial charge in [0.2, 0.25) is 5.91 Å². The van der Waals surface area contributed by atoms with E-state index in [2.05, 4.69) is 5.32 Å². The number of hydrogen-bond donors (Lipinski definition) is 2. The Bertz CT molecular complexity index is 329. The lowest BCUT2D eigenvalue weighted by Gasteiger charge is -2.26. The Balaban J connectivity index is 1.98. The van der Waals surface area contributed by atoms with Gasteiger partial charge in [0, 0.05) is 0 Å². The summed E-state index contributed by atoms with van der Waals surface area (Å²) < 4.78 is 5.20. The van der Waals surface area contributed by atoms with Gasteiger partial charge in [-0.05, 0) is 25.5 Å². The van der Waals surface area contributed by atoms with Gasteiger partial charge in [0.15, 0.2) is 0 Å². The topological polar surface area (TPSA) is 75.6 Å². The zero-order valence-corrected chi connectivity index (χ0v) is 10.6. The highest BCUT2D eigenvalue weighted by molar-refractivity contribution is 8.00. The van der Waals surface area contributed by atoms with E-state index in [9.17, 15) is 14.7 Å². The molecule has 0 radical (unpaired) electrons. The molecule has 5 nitrogen and oxygen atoms in total. The van der Waals surface area contributed by atoms with Crippen LogP contribution in [0.3, 0.4) is 0 Å². The minimum Gasteiger partial charge on any atom is -0.481 e.